The van der Waals surface area contributed by atoms with Gasteiger partial charge in [0.1, 0.15) is 30.2 Å². The molecule has 1 heterocycles. The topological polar surface area (TPSA) is 157 Å². The number of carboxylic acid groups (broad SMARTS) is 2. The van der Waals surface area contributed by atoms with Gasteiger partial charge in [-0.15, -0.1) is 0 Å². The van der Waals surface area contributed by atoms with Gasteiger partial charge in [0.05, 0.1) is 17.0 Å². The van der Waals surface area contributed by atoms with Gasteiger partial charge in [0.15, 0.2) is 0 Å². The molecule has 1 aromatic rings. The summed E-state index contributed by atoms with van der Waals surface area (Å²) < 4.78 is 40.4. The number of aromatic carboxylic acids is 1. The van der Waals surface area contributed by atoms with Crippen LogP contribution in [0, 0.1) is 0 Å². The first-order valence-electron chi connectivity index (χ1n) is 7.89. The van der Waals surface area contributed by atoms with Crippen LogP contribution >= 0.6 is 0 Å². The molecule has 120 valence electrons. The average molecular weight is 356 g/mol. The summed E-state index contributed by atoms with van der Waals surface area (Å²) in [6, 6.07) is -3.75. The molecule has 9 nitrogen and oxygen atoms in total. The van der Waals surface area contributed by atoms with Crippen molar-refractivity contribution < 1.29 is 101 Å². The molecule has 0 saturated carbocycles. The van der Waals surface area contributed by atoms with Crippen LogP contribution in [-0.4, -0.2) is 63.1 Å². The predicted molar refractivity (Wildman–Crippen MR) is 65.7 cm³/mol. The molecule has 2 rings (SSSR count). The van der Waals surface area contributed by atoms with Crippen molar-refractivity contribution in [2.45, 2.75) is 30.7 Å². The molecule has 0 amide bonds. The van der Waals surface area contributed by atoms with Gasteiger partial charge in [-0.05, 0) is 24.2 Å². The molecule has 0 unspecified atom stereocenters. The molecule has 0 spiro atoms. The van der Waals surface area contributed by atoms with E-state index in [-0.39, 0.29) is 51.4 Å². The summed E-state index contributed by atoms with van der Waals surface area (Å²) in [5.74, 6) is -4.48. The number of hydrogen-bond acceptors (Lipinski definition) is 8. The molecule has 0 aliphatic carbocycles. The summed E-state index contributed by atoms with van der Waals surface area (Å²) in [6.07, 6.45) is -10.2. The molecule has 0 aromatic heterocycles. The Morgan fingerprint density at radius 2 is 1.70 bits per heavy atom. The van der Waals surface area contributed by atoms with E-state index in [4.69, 9.17) is 20.1 Å². The second kappa shape index (κ2) is 8.51. The van der Waals surface area contributed by atoms with Gasteiger partial charge < -0.3 is 39.8 Å². The summed E-state index contributed by atoms with van der Waals surface area (Å²) >= 11 is 0. The van der Waals surface area contributed by atoms with Gasteiger partial charge in [-0.3, -0.25) is 0 Å². The molecule has 1 aliphatic heterocycles. The van der Waals surface area contributed by atoms with E-state index in [1.807, 2.05) is 0 Å². The van der Waals surface area contributed by atoms with Gasteiger partial charge >= 0.3 is 57.4 Å². The van der Waals surface area contributed by atoms with Crippen molar-refractivity contribution in [2.75, 3.05) is 0 Å². The van der Waals surface area contributed by atoms with Crippen molar-refractivity contribution in [3.05, 3.63) is 29.7 Å². The molecule has 0 bridgehead atoms. The van der Waals surface area contributed by atoms with Gasteiger partial charge in [-0.2, -0.15) is 0 Å². The molecule has 1 saturated heterocycles. The fourth-order valence-electron chi connectivity index (χ4n) is 1.72. The first-order chi connectivity index (χ1) is 12.0. The van der Waals surface area contributed by atoms with E-state index in [0.717, 1.165) is 0 Å². The SMILES string of the molecule is [2H]c1c([2H])c(C(=O)O)c([2H])c([2H])c1O[C@@H]1O[C@H](C(=O)[O-])[C@@H](O)[C@H](O)[C@H]1O.[K+]. The molecular formula is C13H13KO9. The molecule has 10 heteroatoms. The van der Waals surface area contributed by atoms with Crippen LogP contribution in [0.5, 0.6) is 5.75 Å². The van der Waals surface area contributed by atoms with Crippen molar-refractivity contribution in [2.24, 2.45) is 0 Å². The quantitative estimate of drug-likeness (QED) is 0.386. The number of aliphatic carboxylic acids is 1. The van der Waals surface area contributed by atoms with Crippen LogP contribution in [0.1, 0.15) is 15.8 Å². The molecule has 4 N–H and O–H groups in total. The predicted octanol–water partition coefficient (Wildman–Crippen LogP) is -5.67. The number of hydrogen-bond donors (Lipinski definition) is 4. The third-order valence-electron chi connectivity index (χ3n) is 2.85. The summed E-state index contributed by atoms with van der Waals surface area (Å²) in [5.41, 5.74) is -0.916. The zero-order valence-corrected chi connectivity index (χ0v) is 14.8. The van der Waals surface area contributed by atoms with Crippen LogP contribution in [0.15, 0.2) is 24.2 Å². The number of carboxylic acids is 2. The van der Waals surface area contributed by atoms with Crippen molar-refractivity contribution >= 4 is 11.9 Å². The molecule has 23 heavy (non-hydrogen) atoms. The monoisotopic (exact) mass is 356 g/mol. The number of carbonyl (C=O) groups is 2. The minimum atomic E-state index is -2.11. The zero-order chi connectivity index (χ0) is 19.9. The van der Waals surface area contributed by atoms with E-state index in [0.29, 0.717) is 0 Å². The summed E-state index contributed by atoms with van der Waals surface area (Å²) in [7, 11) is 0. The summed E-state index contributed by atoms with van der Waals surface area (Å²) in [4.78, 5) is 22.0. The van der Waals surface area contributed by atoms with Gasteiger partial charge in [0.25, 0.3) is 0 Å². The third-order valence-corrected chi connectivity index (χ3v) is 2.85. The number of carbonyl (C=O) groups excluding carboxylic acids is 1. The molecule has 1 fully saturated rings. The van der Waals surface area contributed by atoms with Crippen LogP contribution in [0.3, 0.4) is 0 Å². The first-order valence-corrected chi connectivity index (χ1v) is 5.89. The molecule has 1 aliphatic rings. The van der Waals surface area contributed by atoms with E-state index in [9.17, 15) is 30.0 Å². The Kier molecular flexibility index (Phi) is 5.46. The van der Waals surface area contributed by atoms with E-state index in [1.165, 1.54) is 0 Å². The Balaban J connectivity index is 0.00000364. The van der Waals surface area contributed by atoms with Gasteiger partial charge in [-0.1, -0.05) is 0 Å². The van der Waals surface area contributed by atoms with E-state index >= 15 is 0 Å². The Morgan fingerprint density at radius 3 is 2.17 bits per heavy atom. The van der Waals surface area contributed by atoms with Gasteiger partial charge in [-0.25, -0.2) is 4.79 Å². The largest absolute Gasteiger partial charge is 1.00 e. The van der Waals surface area contributed by atoms with Crippen LogP contribution in [0.4, 0.5) is 0 Å². The maximum absolute atomic E-state index is 11.1. The summed E-state index contributed by atoms with van der Waals surface area (Å²) in [5, 5.41) is 49.0. The average Bonchev–Trinajstić information content (AvgIpc) is 2.56. The van der Waals surface area contributed by atoms with Crippen molar-refractivity contribution in [1.29, 1.82) is 0 Å². The number of aliphatic hydroxyl groups is 3. The minimum absolute atomic E-state index is 0. The Morgan fingerprint density at radius 1 is 1.13 bits per heavy atom. The van der Waals surface area contributed by atoms with Crippen LogP contribution in [0.25, 0.3) is 0 Å². The van der Waals surface area contributed by atoms with Gasteiger partial charge in [0, 0.05) is 0 Å². The van der Waals surface area contributed by atoms with Gasteiger partial charge in [0.2, 0.25) is 6.29 Å². The minimum Gasteiger partial charge on any atom is -0.547 e. The van der Waals surface area contributed by atoms with Crippen LogP contribution in [0.2, 0.25) is 0 Å². The number of benzene rings is 1. The first kappa shape index (κ1) is 14.8. The second-order valence-electron chi connectivity index (χ2n) is 4.34. The molecule has 0 radical (unpaired) electrons. The third kappa shape index (κ3) is 4.72. The van der Waals surface area contributed by atoms with Crippen molar-refractivity contribution in [3.63, 3.8) is 0 Å². The number of rotatable bonds is 4. The Labute approximate surface area is 178 Å². The smallest absolute Gasteiger partial charge is 0.547 e. The maximum atomic E-state index is 11.1. The molecule has 1 aromatic carbocycles. The fourth-order valence-corrected chi connectivity index (χ4v) is 1.72. The Bertz CT molecular complexity index is 733. The normalized spacial score (nSPS) is 32.6. The van der Waals surface area contributed by atoms with Crippen LogP contribution < -0.4 is 61.2 Å². The maximum Gasteiger partial charge on any atom is 1.00 e. The Hall–Kier alpha value is -0.564. The van der Waals surface area contributed by atoms with Crippen molar-refractivity contribution in [3.8, 4) is 5.75 Å². The summed E-state index contributed by atoms with van der Waals surface area (Å²) in [6.45, 7) is 0. The molecule has 5 atom stereocenters. The molecular weight excluding hydrogens is 339 g/mol. The number of aliphatic hydroxyl groups excluding tert-OH is 3. The van der Waals surface area contributed by atoms with E-state index in [2.05, 4.69) is 0 Å². The zero-order valence-electron chi connectivity index (χ0n) is 15.7. The number of ether oxygens (including phenoxy) is 2. The standard InChI is InChI=1S/C13H14O9.K/c14-7-8(15)10(12(19)20)22-13(9(7)16)21-6-3-1-5(2-4-6)11(17)18;/h1-4,7-10,13-16H,(H,17,18)(H,19,20);/q;+1/p-1/t7-,8-,9+,10-,13+;/m0./s1/i1D,2D,3D,4D;. The van der Waals surface area contributed by atoms with E-state index < -0.39 is 78.1 Å². The van der Waals surface area contributed by atoms with Crippen molar-refractivity contribution in [1.82, 2.24) is 0 Å². The van der Waals surface area contributed by atoms with Crippen LogP contribution in [-0.2, 0) is 9.53 Å². The fraction of sp³-hybridized carbons (Fsp3) is 0.385. The second-order valence-corrected chi connectivity index (χ2v) is 4.34. The van der Waals surface area contributed by atoms with E-state index in [1.54, 1.807) is 0 Å².